The lowest BCUT2D eigenvalue weighted by molar-refractivity contribution is 0.195. The van der Waals surface area contributed by atoms with Gasteiger partial charge in [-0.15, -0.1) is 0 Å². The second-order valence-electron chi connectivity index (χ2n) is 6.08. The number of hydrogen-bond acceptors (Lipinski definition) is 3. The Kier molecular flexibility index (Phi) is 5.88. The maximum absolute atomic E-state index is 6.24. The van der Waals surface area contributed by atoms with Crippen molar-refractivity contribution in [3.63, 3.8) is 0 Å². The molecule has 1 aromatic carbocycles. The van der Waals surface area contributed by atoms with Gasteiger partial charge in [-0.2, -0.15) is 0 Å². The van der Waals surface area contributed by atoms with E-state index >= 15 is 0 Å². The molecule has 2 aromatic rings. The van der Waals surface area contributed by atoms with Crippen LogP contribution in [0, 0.1) is 0 Å². The molecule has 1 unspecified atom stereocenters. The Morgan fingerprint density at radius 1 is 1.08 bits per heavy atom. The standard InChI is InChI=1S/C18H20ClN3.C2H6/c19-15-5-6-16-14(12-15)4-3-13-2-1-7-21-17(13)18(16)22-10-8-20-9-11-22;1-2/h1-2,5-7,12,18,20H,3-4,8-11H2;1-2H3. The first-order valence-electron chi connectivity index (χ1n) is 9.00. The van der Waals surface area contributed by atoms with E-state index in [0.29, 0.717) is 0 Å². The molecule has 24 heavy (non-hydrogen) atoms. The summed E-state index contributed by atoms with van der Waals surface area (Å²) in [5, 5.41) is 4.27. The zero-order valence-electron chi connectivity index (χ0n) is 14.6. The van der Waals surface area contributed by atoms with Crippen LogP contribution in [-0.2, 0) is 12.8 Å². The first kappa shape index (κ1) is 17.4. The summed E-state index contributed by atoms with van der Waals surface area (Å²) in [4.78, 5) is 7.32. The molecule has 2 heterocycles. The molecule has 0 spiro atoms. The summed E-state index contributed by atoms with van der Waals surface area (Å²) in [6, 6.07) is 10.9. The lowest BCUT2D eigenvalue weighted by Gasteiger charge is -2.35. The quantitative estimate of drug-likeness (QED) is 0.852. The number of rotatable bonds is 1. The summed E-state index contributed by atoms with van der Waals surface area (Å²) in [5.41, 5.74) is 5.35. The van der Waals surface area contributed by atoms with Crippen molar-refractivity contribution >= 4 is 11.6 Å². The third-order valence-electron chi connectivity index (χ3n) is 4.77. The number of aryl methyl sites for hydroxylation is 2. The molecule has 2 aliphatic rings. The van der Waals surface area contributed by atoms with Crippen molar-refractivity contribution in [2.45, 2.75) is 32.7 Å². The smallest absolute Gasteiger partial charge is 0.0782 e. The van der Waals surface area contributed by atoms with Crippen LogP contribution in [0.1, 0.15) is 42.3 Å². The minimum absolute atomic E-state index is 0.257. The fourth-order valence-electron chi connectivity index (χ4n) is 3.69. The van der Waals surface area contributed by atoms with Gasteiger partial charge < -0.3 is 5.32 Å². The Labute approximate surface area is 150 Å². The van der Waals surface area contributed by atoms with E-state index < -0.39 is 0 Å². The molecule has 1 atom stereocenters. The van der Waals surface area contributed by atoms with E-state index in [2.05, 4.69) is 34.5 Å². The number of piperazine rings is 1. The average molecular weight is 344 g/mol. The van der Waals surface area contributed by atoms with Crippen molar-refractivity contribution in [3.8, 4) is 0 Å². The fourth-order valence-corrected chi connectivity index (χ4v) is 3.89. The third kappa shape index (κ3) is 3.49. The number of nitrogens with zero attached hydrogens (tertiary/aromatic N) is 2. The summed E-state index contributed by atoms with van der Waals surface area (Å²) in [5.74, 6) is 0. The lowest BCUT2D eigenvalue weighted by atomic mass is 9.96. The highest BCUT2D eigenvalue weighted by molar-refractivity contribution is 6.30. The fraction of sp³-hybridized carbons (Fsp3) is 0.450. The molecule has 1 saturated heterocycles. The number of benzene rings is 1. The second-order valence-corrected chi connectivity index (χ2v) is 6.52. The topological polar surface area (TPSA) is 28.2 Å². The normalized spacial score (nSPS) is 20.2. The summed E-state index contributed by atoms with van der Waals surface area (Å²) in [6.45, 7) is 8.20. The van der Waals surface area contributed by atoms with Gasteiger partial charge in [0.15, 0.2) is 0 Å². The van der Waals surface area contributed by atoms with Crippen molar-refractivity contribution < 1.29 is 0 Å². The van der Waals surface area contributed by atoms with Crippen LogP contribution in [0.4, 0.5) is 0 Å². The van der Waals surface area contributed by atoms with Crippen LogP contribution in [0.2, 0.25) is 5.02 Å². The molecule has 3 nitrogen and oxygen atoms in total. The Morgan fingerprint density at radius 2 is 1.83 bits per heavy atom. The molecule has 1 aliphatic carbocycles. The van der Waals surface area contributed by atoms with Gasteiger partial charge in [-0.05, 0) is 47.7 Å². The van der Waals surface area contributed by atoms with E-state index in [1.54, 1.807) is 0 Å². The highest BCUT2D eigenvalue weighted by Crippen LogP contribution is 2.36. The maximum Gasteiger partial charge on any atom is 0.0782 e. The molecule has 1 aliphatic heterocycles. The van der Waals surface area contributed by atoms with Crippen LogP contribution < -0.4 is 5.32 Å². The van der Waals surface area contributed by atoms with Gasteiger partial charge in [-0.1, -0.05) is 37.6 Å². The Bertz CT molecular complexity index is 680. The molecular formula is C20H26ClN3. The Hall–Kier alpha value is -1.42. The SMILES string of the molecule is CC.Clc1ccc2c(c1)CCc1cccnc1C2N1CCNCC1. The minimum Gasteiger partial charge on any atom is -0.314 e. The van der Waals surface area contributed by atoms with Gasteiger partial charge in [-0.3, -0.25) is 9.88 Å². The second kappa shape index (κ2) is 8.11. The van der Waals surface area contributed by atoms with Crippen molar-refractivity contribution in [2.75, 3.05) is 26.2 Å². The third-order valence-corrected chi connectivity index (χ3v) is 5.00. The zero-order chi connectivity index (χ0) is 16.9. The van der Waals surface area contributed by atoms with E-state index in [0.717, 1.165) is 44.0 Å². The van der Waals surface area contributed by atoms with Crippen LogP contribution >= 0.6 is 11.6 Å². The highest BCUT2D eigenvalue weighted by atomic mass is 35.5. The van der Waals surface area contributed by atoms with Gasteiger partial charge in [0.05, 0.1) is 11.7 Å². The van der Waals surface area contributed by atoms with E-state index in [4.69, 9.17) is 16.6 Å². The van der Waals surface area contributed by atoms with Crippen molar-refractivity contribution in [3.05, 3.63) is 63.9 Å². The molecule has 0 saturated carbocycles. The van der Waals surface area contributed by atoms with E-state index in [1.807, 2.05) is 26.1 Å². The van der Waals surface area contributed by atoms with Crippen molar-refractivity contribution in [2.24, 2.45) is 0 Å². The number of halogens is 1. The summed E-state index contributed by atoms with van der Waals surface area (Å²) < 4.78 is 0. The number of pyridine rings is 1. The molecule has 0 bridgehead atoms. The molecule has 128 valence electrons. The van der Waals surface area contributed by atoms with Gasteiger partial charge >= 0.3 is 0 Å². The van der Waals surface area contributed by atoms with Gasteiger partial charge in [0.2, 0.25) is 0 Å². The predicted octanol–water partition coefficient (Wildman–Crippen LogP) is 3.85. The van der Waals surface area contributed by atoms with Crippen LogP contribution in [-0.4, -0.2) is 36.1 Å². The van der Waals surface area contributed by atoms with Crippen LogP contribution in [0.25, 0.3) is 0 Å². The monoisotopic (exact) mass is 343 g/mol. The van der Waals surface area contributed by atoms with Crippen LogP contribution in [0.15, 0.2) is 36.5 Å². The predicted molar refractivity (Wildman–Crippen MR) is 101 cm³/mol. The minimum atomic E-state index is 0.257. The zero-order valence-corrected chi connectivity index (χ0v) is 15.3. The number of fused-ring (bicyclic) bond motifs is 2. The van der Waals surface area contributed by atoms with Gasteiger partial charge in [0.1, 0.15) is 0 Å². The van der Waals surface area contributed by atoms with Crippen LogP contribution in [0.5, 0.6) is 0 Å². The molecule has 4 rings (SSSR count). The van der Waals surface area contributed by atoms with Gasteiger partial charge in [-0.25, -0.2) is 0 Å². The molecule has 0 radical (unpaired) electrons. The number of aromatic nitrogens is 1. The Balaban J connectivity index is 0.000000815. The maximum atomic E-state index is 6.24. The average Bonchev–Trinajstić information content (AvgIpc) is 2.81. The number of nitrogens with one attached hydrogen (secondary N) is 1. The first-order valence-corrected chi connectivity index (χ1v) is 9.37. The molecule has 4 heteroatoms. The molecule has 1 aromatic heterocycles. The molecule has 1 N–H and O–H groups in total. The lowest BCUT2D eigenvalue weighted by Crippen LogP contribution is -2.45. The molecule has 1 fully saturated rings. The first-order chi connectivity index (χ1) is 11.8. The summed E-state index contributed by atoms with van der Waals surface area (Å²) in [7, 11) is 0. The van der Waals surface area contributed by atoms with Crippen LogP contribution in [0.3, 0.4) is 0 Å². The van der Waals surface area contributed by atoms with Crippen molar-refractivity contribution in [1.82, 2.24) is 15.2 Å². The van der Waals surface area contributed by atoms with Crippen molar-refractivity contribution in [1.29, 1.82) is 0 Å². The highest BCUT2D eigenvalue weighted by Gasteiger charge is 2.30. The Morgan fingerprint density at radius 3 is 2.62 bits per heavy atom. The molecule has 0 amide bonds. The summed E-state index contributed by atoms with van der Waals surface area (Å²) >= 11 is 6.24. The van der Waals surface area contributed by atoms with E-state index in [9.17, 15) is 0 Å². The van der Waals surface area contributed by atoms with Gasteiger partial charge in [0.25, 0.3) is 0 Å². The van der Waals surface area contributed by atoms with E-state index in [1.165, 1.54) is 22.4 Å². The largest absolute Gasteiger partial charge is 0.314 e. The summed E-state index contributed by atoms with van der Waals surface area (Å²) in [6.07, 6.45) is 4.01. The number of hydrogen-bond donors (Lipinski definition) is 1. The molecular weight excluding hydrogens is 318 g/mol. The van der Waals surface area contributed by atoms with Gasteiger partial charge in [0, 0.05) is 37.4 Å². The van der Waals surface area contributed by atoms with E-state index in [-0.39, 0.29) is 6.04 Å².